The van der Waals surface area contributed by atoms with Crippen LogP contribution < -0.4 is 5.32 Å². The lowest BCUT2D eigenvalue weighted by Gasteiger charge is -2.05. The second kappa shape index (κ2) is 5.13. The van der Waals surface area contributed by atoms with E-state index in [1.54, 1.807) is 36.5 Å². The molecular formula is C12H9IN2O2. The molecule has 17 heavy (non-hydrogen) atoms. The van der Waals surface area contributed by atoms with Crippen LogP contribution in [0.2, 0.25) is 0 Å². The van der Waals surface area contributed by atoms with E-state index in [1.165, 1.54) is 6.07 Å². The summed E-state index contributed by atoms with van der Waals surface area (Å²) in [7, 11) is 0. The van der Waals surface area contributed by atoms with Gasteiger partial charge in [0.05, 0.1) is 3.57 Å². The van der Waals surface area contributed by atoms with Crippen molar-refractivity contribution >= 4 is 34.3 Å². The minimum Gasteiger partial charge on any atom is -0.507 e. The van der Waals surface area contributed by atoms with Crippen molar-refractivity contribution in [2.75, 3.05) is 5.32 Å². The minimum absolute atomic E-state index is 0.0965. The standard InChI is InChI=1S/C12H9IN2O2/c13-9-5-4-8(7-10(9)16)12(17)15-11-3-1-2-6-14-11/h1-7,16H,(H,14,15,17). The minimum atomic E-state index is -0.296. The van der Waals surface area contributed by atoms with Crippen molar-refractivity contribution in [3.05, 3.63) is 51.7 Å². The zero-order valence-corrected chi connectivity index (χ0v) is 10.9. The molecule has 0 aliphatic heterocycles. The number of hydrogen-bond donors (Lipinski definition) is 2. The Balaban J connectivity index is 2.18. The van der Waals surface area contributed by atoms with Gasteiger partial charge in [0.25, 0.3) is 5.91 Å². The maximum atomic E-state index is 11.8. The van der Waals surface area contributed by atoms with Gasteiger partial charge < -0.3 is 10.4 Å². The molecule has 86 valence electrons. The Morgan fingerprint density at radius 3 is 2.76 bits per heavy atom. The van der Waals surface area contributed by atoms with Gasteiger partial charge in [-0.25, -0.2) is 4.98 Å². The maximum Gasteiger partial charge on any atom is 0.256 e. The van der Waals surface area contributed by atoms with Gasteiger partial charge in [-0.2, -0.15) is 0 Å². The van der Waals surface area contributed by atoms with Crippen LogP contribution in [0.4, 0.5) is 5.82 Å². The van der Waals surface area contributed by atoms with Crippen LogP contribution in [0.5, 0.6) is 5.75 Å². The van der Waals surface area contributed by atoms with Crippen LogP contribution >= 0.6 is 22.6 Å². The van der Waals surface area contributed by atoms with Crippen LogP contribution in [0, 0.1) is 3.57 Å². The monoisotopic (exact) mass is 340 g/mol. The summed E-state index contributed by atoms with van der Waals surface area (Å²) in [6, 6.07) is 10.0. The van der Waals surface area contributed by atoms with Gasteiger partial charge in [0.1, 0.15) is 11.6 Å². The Morgan fingerprint density at radius 1 is 1.29 bits per heavy atom. The fourth-order valence-electron chi connectivity index (χ4n) is 1.28. The maximum absolute atomic E-state index is 11.8. The molecule has 0 fully saturated rings. The Labute approximate surface area is 112 Å². The molecule has 5 heteroatoms. The van der Waals surface area contributed by atoms with Gasteiger partial charge in [0.2, 0.25) is 0 Å². The summed E-state index contributed by atoms with van der Waals surface area (Å²) in [6.07, 6.45) is 1.60. The van der Waals surface area contributed by atoms with Gasteiger partial charge >= 0.3 is 0 Å². The molecule has 0 aliphatic carbocycles. The fourth-order valence-corrected chi connectivity index (χ4v) is 1.61. The summed E-state index contributed by atoms with van der Waals surface area (Å²) in [4.78, 5) is 15.8. The summed E-state index contributed by atoms with van der Waals surface area (Å²) in [6.45, 7) is 0. The average molecular weight is 340 g/mol. The number of pyridine rings is 1. The molecule has 2 rings (SSSR count). The number of carbonyl (C=O) groups is 1. The highest BCUT2D eigenvalue weighted by Gasteiger charge is 2.08. The van der Waals surface area contributed by atoms with Crippen LogP contribution in [0.25, 0.3) is 0 Å². The molecule has 0 bridgehead atoms. The first kappa shape index (κ1) is 11.8. The Hall–Kier alpha value is -1.63. The van der Waals surface area contributed by atoms with Gasteiger partial charge in [-0.05, 0) is 52.9 Å². The van der Waals surface area contributed by atoms with Crippen molar-refractivity contribution in [2.45, 2.75) is 0 Å². The zero-order valence-electron chi connectivity index (χ0n) is 8.72. The lowest BCUT2D eigenvalue weighted by Crippen LogP contribution is -2.12. The number of aromatic hydroxyl groups is 1. The number of phenolic OH excluding ortho intramolecular Hbond substituents is 1. The first-order valence-electron chi connectivity index (χ1n) is 4.88. The number of phenols is 1. The van der Waals surface area contributed by atoms with Crippen LogP contribution in [-0.2, 0) is 0 Å². The Bertz CT molecular complexity index is 543. The second-order valence-corrected chi connectivity index (χ2v) is 4.50. The van der Waals surface area contributed by atoms with Gasteiger partial charge in [-0.3, -0.25) is 4.79 Å². The molecule has 0 unspecified atom stereocenters. The van der Waals surface area contributed by atoms with Crippen molar-refractivity contribution in [1.29, 1.82) is 0 Å². The number of halogens is 1. The number of amides is 1. The van der Waals surface area contributed by atoms with E-state index in [9.17, 15) is 9.90 Å². The molecule has 1 heterocycles. The van der Waals surface area contributed by atoms with E-state index >= 15 is 0 Å². The quantitative estimate of drug-likeness (QED) is 0.827. The van der Waals surface area contributed by atoms with E-state index in [2.05, 4.69) is 10.3 Å². The predicted octanol–water partition coefficient (Wildman–Crippen LogP) is 2.64. The Morgan fingerprint density at radius 2 is 2.12 bits per heavy atom. The Kier molecular flexibility index (Phi) is 3.58. The van der Waals surface area contributed by atoms with Crippen LogP contribution in [0.3, 0.4) is 0 Å². The molecule has 0 spiro atoms. The third-order valence-electron chi connectivity index (χ3n) is 2.11. The van der Waals surface area contributed by atoms with Crippen molar-refractivity contribution in [2.24, 2.45) is 0 Å². The van der Waals surface area contributed by atoms with Gasteiger partial charge in [0.15, 0.2) is 0 Å². The molecule has 1 amide bonds. The van der Waals surface area contributed by atoms with Crippen molar-refractivity contribution in [3.8, 4) is 5.75 Å². The van der Waals surface area contributed by atoms with Crippen LogP contribution in [-0.4, -0.2) is 16.0 Å². The summed E-state index contributed by atoms with van der Waals surface area (Å²) < 4.78 is 0.706. The first-order chi connectivity index (χ1) is 8.16. The number of hydrogen-bond acceptors (Lipinski definition) is 3. The number of nitrogens with one attached hydrogen (secondary N) is 1. The van der Waals surface area contributed by atoms with E-state index < -0.39 is 0 Å². The zero-order chi connectivity index (χ0) is 12.3. The largest absolute Gasteiger partial charge is 0.507 e. The van der Waals surface area contributed by atoms with Crippen LogP contribution in [0.1, 0.15) is 10.4 Å². The molecule has 0 aliphatic rings. The number of anilines is 1. The third-order valence-corrected chi connectivity index (χ3v) is 3.03. The highest BCUT2D eigenvalue weighted by molar-refractivity contribution is 14.1. The predicted molar refractivity (Wildman–Crippen MR) is 73.0 cm³/mol. The van der Waals surface area contributed by atoms with E-state index in [1.807, 2.05) is 22.6 Å². The first-order valence-corrected chi connectivity index (χ1v) is 5.95. The number of carbonyl (C=O) groups excluding carboxylic acids is 1. The van der Waals surface area contributed by atoms with Gasteiger partial charge in [0, 0.05) is 11.8 Å². The molecule has 0 saturated carbocycles. The van der Waals surface area contributed by atoms with E-state index in [4.69, 9.17) is 0 Å². The van der Waals surface area contributed by atoms with Gasteiger partial charge in [-0.1, -0.05) is 6.07 Å². The molecule has 0 radical (unpaired) electrons. The van der Waals surface area contributed by atoms with Crippen molar-refractivity contribution in [3.63, 3.8) is 0 Å². The topological polar surface area (TPSA) is 62.2 Å². The molecule has 2 aromatic rings. The fraction of sp³-hybridized carbons (Fsp3) is 0. The normalized spacial score (nSPS) is 9.94. The third kappa shape index (κ3) is 2.94. The van der Waals surface area contributed by atoms with E-state index in [0.717, 1.165) is 0 Å². The summed E-state index contributed by atoms with van der Waals surface area (Å²) in [5.41, 5.74) is 0.397. The van der Waals surface area contributed by atoms with E-state index in [-0.39, 0.29) is 11.7 Å². The number of benzene rings is 1. The lowest BCUT2D eigenvalue weighted by atomic mass is 10.2. The molecule has 1 aromatic heterocycles. The molecule has 1 aromatic carbocycles. The molecule has 2 N–H and O–H groups in total. The van der Waals surface area contributed by atoms with Crippen LogP contribution in [0.15, 0.2) is 42.6 Å². The summed E-state index contributed by atoms with van der Waals surface area (Å²) in [5, 5.41) is 12.2. The van der Waals surface area contributed by atoms with Crippen molar-refractivity contribution in [1.82, 2.24) is 4.98 Å². The lowest BCUT2D eigenvalue weighted by molar-refractivity contribution is 0.102. The smallest absolute Gasteiger partial charge is 0.256 e. The molecule has 4 nitrogen and oxygen atoms in total. The number of aromatic nitrogens is 1. The second-order valence-electron chi connectivity index (χ2n) is 3.34. The molecule has 0 saturated heterocycles. The van der Waals surface area contributed by atoms with Crippen molar-refractivity contribution < 1.29 is 9.90 Å². The number of rotatable bonds is 2. The molecular weight excluding hydrogens is 331 g/mol. The SMILES string of the molecule is O=C(Nc1ccccn1)c1ccc(I)c(O)c1. The average Bonchev–Trinajstić information content (AvgIpc) is 2.34. The summed E-state index contributed by atoms with van der Waals surface area (Å²) >= 11 is 1.99. The summed E-state index contributed by atoms with van der Waals surface area (Å²) in [5.74, 6) is 0.283. The highest BCUT2D eigenvalue weighted by Crippen LogP contribution is 2.20. The number of nitrogens with zero attached hydrogens (tertiary/aromatic N) is 1. The van der Waals surface area contributed by atoms with E-state index in [0.29, 0.717) is 15.0 Å². The highest BCUT2D eigenvalue weighted by atomic mass is 127. The molecule has 0 atom stereocenters. The van der Waals surface area contributed by atoms with Gasteiger partial charge in [-0.15, -0.1) is 0 Å².